The molecule has 1 heterocycles. The Labute approximate surface area is 116 Å². The molecule has 19 heavy (non-hydrogen) atoms. The Balaban J connectivity index is 1.83. The van der Waals surface area contributed by atoms with Gasteiger partial charge in [-0.15, -0.1) is 0 Å². The van der Waals surface area contributed by atoms with Crippen molar-refractivity contribution in [1.82, 2.24) is 0 Å². The highest BCUT2D eigenvalue weighted by Crippen LogP contribution is 2.26. The largest absolute Gasteiger partial charge is 0.458 e. The molecule has 0 saturated carbocycles. The van der Waals surface area contributed by atoms with Crippen molar-refractivity contribution in [2.75, 3.05) is 0 Å². The van der Waals surface area contributed by atoms with Crippen LogP contribution < -0.4 is 0 Å². The number of fused-ring (bicyclic) bond motifs is 1. The molecule has 0 aliphatic heterocycles. The van der Waals surface area contributed by atoms with Crippen LogP contribution in [0.4, 0.5) is 0 Å². The van der Waals surface area contributed by atoms with Gasteiger partial charge in [-0.2, -0.15) is 0 Å². The van der Waals surface area contributed by atoms with E-state index in [4.69, 9.17) is 16.0 Å². The summed E-state index contributed by atoms with van der Waals surface area (Å²) in [5.74, 6) is 0.594. The van der Waals surface area contributed by atoms with Gasteiger partial charge in [-0.3, -0.25) is 0 Å². The smallest absolute Gasteiger partial charge is 0.134 e. The average Bonchev–Trinajstić information content (AvgIpc) is 2.85. The van der Waals surface area contributed by atoms with E-state index in [0.29, 0.717) is 17.2 Å². The number of hydrogen-bond acceptors (Lipinski definition) is 2. The maximum absolute atomic E-state index is 10.2. The van der Waals surface area contributed by atoms with Crippen LogP contribution in [-0.2, 0) is 6.42 Å². The summed E-state index contributed by atoms with van der Waals surface area (Å²) in [7, 11) is 0. The molecular formula is C16H13ClO2. The summed E-state index contributed by atoms with van der Waals surface area (Å²) in [6, 6.07) is 17.1. The van der Waals surface area contributed by atoms with E-state index in [2.05, 4.69) is 0 Å². The van der Waals surface area contributed by atoms with Gasteiger partial charge in [0.05, 0.1) is 0 Å². The lowest BCUT2D eigenvalue weighted by Crippen LogP contribution is -2.00. The van der Waals surface area contributed by atoms with Crippen LogP contribution in [0.15, 0.2) is 59.0 Å². The van der Waals surface area contributed by atoms with Gasteiger partial charge >= 0.3 is 0 Å². The second-order valence-electron chi connectivity index (χ2n) is 4.53. The summed E-state index contributed by atoms with van der Waals surface area (Å²) in [5.41, 5.74) is 1.82. The van der Waals surface area contributed by atoms with E-state index in [1.54, 1.807) is 0 Å². The Morgan fingerprint density at radius 2 is 1.79 bits per heavy atom. The van der Waals surface area contributed by atoms with Gasteiger partial charge in [0, 0.05) is 16.8 Å². The lowest BCUT2D eigenvalue weighted by Gasteiger charge is -2.07. The molecule has 3 aromatic rings. The van der Waals surface area contributed by atoms with Crippen molar-refractivity contribution in [3.05, 3.63) is 70.9 Å². The molecule has 0 radical (unpaired) electrons. The summed E-state index contributed by atoms with van der Waals surface area (Å²) >= 11 is 5.84. The molecule has 0 fully saturated rings. The van der Waals surface area contributed by atoms with Crippen LogP contribution in [-0.4, -0.2) is 5.11 Å². The van der Waals surface area contributed by atoms with Crippen molar-refractivity contribution in [1.29, 1.82) is 0 Å². The van der Waals surface area contributed by atoms with Crippen LogP contribution in [0.2, 0.25) is 5.02 Å². The fourth-order valence-corrected chi connectivity index (χ4v) is 2.24. The number of aliphatic hydroxyl groups is 1. The monoisotopic (exact) mass is 272 g/mol. The molecule has 2 nitrogen and oxygen atoms in total. The van der Waals surface area contributed by atoms with Gasteiger partial charge in [0.25, 0.3) is 0 Å². The lowest BCUT2D eigenvalue weighted by molar-refractivity contribution is 0.152. The summed E-state index contributed by atoms with van der Waals surface area (Å²) in [4.78, 5) is 0. The molecule has 0 amide bonds. The fourth-order valence-electron chi connectivity index (χ4n) is 2.11. The molecule has 1 aromatic heterocycles. The van der Waals surface area contributed by atoms with Gasteiger partial charge in [0.15, 0.2) is 0 Å². The first-order chi connectivity index (χ1) is 9.22. The highest BCUT2D eigenvalue weighted by molar-refractivity contribution is 6.30. The molecule has 0 bridgehead atoms. The molecule has 3 heteroatoms. The number of furan rings is 1. The van der Waals surface area contributed by atoms with E-state index in [1.807, 2.05) is 54.6 Å². The third-order valence-electron chi connectivity index (χ3n) is 3.12. The molecule has 3 rings (SSSR count). The summed E-state index contributed by atoms with van der Waals surface area (Å²) in [6.07, 6.45) is -0.134. The number of benzene rings is 2. The number of aliphatic hydroxyl groups excluding tert-OH is 1. The molecule has 96 valence electrons. The highest BCUT2D eigenvalue weighted by atomic mass is 35.5. The Morgan fingerprint density at radius 3 is 2.53 bits per heavy atom. The van der Waals surface area contributed by atoms with Gasteiger partial charge in [0.2, 0.25) is 0 Å². The van der Waals surface area contributed by atoms with Crippen LogP contribution in [0, 0.1) is 0 Å². The summed E-state index contributed by atoms with van der Waals surface area (Å²) in [6.45, 7) is 0. The molecule has 1 N–H and O–H groups in total. The van der Waals surface area contributed by atoms with Crippen molar-refractivity contribution in [3.63, 3.8) is 0 Å². The summed E-state index contributed by atoms with van der Waals surface area (Å²) in [5, 5.41) is 11.9. The minimum absolute atomic E-state index is 0.511. The van der Waals surface area contributed by atoms with E-state index in [1.165, 1.54) is 0 Å². The molecule has 0 saturated heterocycles. The molecule has 0 spiro atoms. The first-order valence-corrected chi connectivity index (χ1v) is 6.51. The SMILES string of the molecule is OC(Cc1ccc(Cl)cc1)c1cc2ccccc2o1. The van der Waals surface area contributed by atoms with Crippen molar-refractivity contribution < 1.29 is 9.52 Å². The van der Waals surface area contributed by atoms with Gasteiger partial charge in [-0.1, -0.05) is 41.9 Å². The second-order valence-corrected chi connectivity index (χ2v) is 4.97. The Bertz CT molecular complexity index is 652. The first-order valence-electron chi connectivity index (χ1n) is 6.13. The van der Waals surface area contributed by atoms with Crippen LogP contribution in [0.5, 0.6) is 0 Å². The van der Waals surface area contributed by atoms with Gasteiger partial charge in [-0.05, 0) is 29.8 Å². The Kier molecular flexibility index (Phi) is 3.28. The van der Waals surface area contributed by atoms with Gasteiger partial charge < -0.3 is 9.52 Å². The van der Waals surface area contributed by atoms with Crippen LogP contribution in [0.1, 0.15) is 17.4 Å². The third-order valence-corrected chi connectivity index (χ3v) is 3.37. The van der Waals surface area contributed by atoms with Gasteiger partial charge in [0.1, 0.15) is 17.4 Å². The Morgan fingerprint density at radius 1 is 1.05 bits per heavy atom. The fraction of sp³-hybridized carbons (Fsp3) is 0.125. The molecule has 1 unspecified atom stereocenters. The van der Waals surface area contributed by atoms with E-state index in [0.717, 1.165) is 16.5 Å². The average molecular weight is 273 g/mol. The van der Waals surface area contributed by atoms with E-state index in [-0.39, 0.29) is 0 Å². The van der Waals surface area contributed by atoms with Crippen LogP contribution in [0.25, 0.3) is 11.0 Å². The highest BCUT2D eigenvalue weighted by Gasteiger charge is 2.13. The number of halogens is 1. The standard InChI is InChI=1S/C16H13ClO2/c17-13-7-5-11(6-8-13)9-14(18)16-10-12-3-1-2-4-15(12)19-16/h1-8,10,14,18H,9H2. The third kappa shape index (κ3) is 2.65. The maximum Gasteiger partial charge on any atom is 0.134 e. The molecule has 2 aromatic carbocycles. The minimum atomic E-state index is -0.645. The molecular weight excluding hydrogens is 260 g/mol. The predicted molar refractivity (Wildman–Crippen MR) is 76.3 cm³/mol. The molecule has 0 aliphatic carbocycles. The Hall–Kier alpha value is -1.77. The summed E-state index contributed by atoms with van der Waals surface area (Å²) < 4.78 is 5.65. The van der Waals surface area contributed by atoms with Crippen LogP contribution >= 0.6 is 11.6 Å². The number of hydrogen-bond donors (Lipinski definition) is 1. The van der Waals surface area contributed by atoms with E-state index in [9.17, 15) is 5.11 Å². The normalized spacial score (nSPS) is 12.7. The van der Waals surface area contributed by atoms with Crippen LogP contribution in [0.3, 0.4) is 0 Å². The predicted octanol–water partition coefficient (Wildman–Crippen LogP) is 4.36. The second kappa shape index (κ2) is 5.08. The van der Waals surface area contributed by atoms with Crippen molar-refractivity contribution in [2.24, 2.45) is 0 Å². The maximum atomic E-state index is 10.2. The topological polar surface area (TPSA) is 33.4 Å². The van der Waals surface area contributed by atoms with E-state index >= 15 is 0 Å². The number of rotatable bonds is 3. The zero-order valence-corrected chi connectivity index (χ0v) is 11.0. The zero-order chi connectivity index (χ0) is 13.2. The minimum Gasteiger partial charge on any atom is -0.458 e. The van der Waals surface area contributed by atoms with E-state index < -0.39 is 6.10 Å². The zero-order valence-electron chi connectivity index (χ0n) is 10.2. The van der Waals surface area contributed by atoms with Crippen molar-refractivity contribution in [2.45, 2.75) is 12.5 Å². The van der Waals surface area contributed by atoms with Crippen molar-refractivity contribution in [3.8, 4) is 0 Å². The first kappa shape index (κ1) is 12.3. The molecule has 0 aliphatic rings. The number of para-hydroxylation sites is 1. The quantitative estimate of drug-likeness (QED) is 0.768. The molecule has 1 atom stereocenters. The van der Waals surface area contributed by atoms with Gasteiger partial charge in [-0.25, -0.2) is 0 Å². The van der Waals surface area contributed by atoms with Crippen molar-refractivity contribution >= 4 is 22.6 Å². The lowest BCUT2D eigenvalue weighted by atomic mass is 10.1.